The molecule has 0 aromatic carbocycles. The van der Waals surface area contributed by atoms with E-state index < -0.39 is 21.9 Å². The Bertz CT molecular complexity index is 787. The number of aromatic nitrogens is 2. The highest BCUT2D eigenvalue weighted by atomic mass is 32.3. The molecule has 3 rings (SSSR count). The van der Waals surface area contributed by atoms with Crippen LogP contribution in [0.15, 0.2) is 30.7 Å². The van der Waals surface area contributed by atoms with Crippen LogP contribution in [-0.4, -0.2) is 40.9 Å². The first-order valence-corrected chi connectivity index (χ1v) is 8.08. The zero-order valence-corrected chi connectivity index (χ0v) is 12.0. The van der Waals surface area contributed by atoms with Gasteiger partial charge >= 0.3 is 10.2 Å². The van der Waals surface area contributed by atoms with Crippen LogP contribution in [0.4, 0.5) is 3.89 Å². The largest absolute Gasteiger partial charge is 0.338 e. The summed E-state index contributed by atoms with van der Waals surface area (Å²) < 4.78 is 35.9. The zero-order chi connectivity index (χ0) is 15.0. The van der Waals surface area contributed by atoms with Crippen molar-refractivity contribution in [3.05, 3.63) is 36.3 Å². The van der Waals surface area contributed by atoms with Gasteiger partial charge in [-0.1, -0.05) is 6.07 Å². The number of halogens is 1. The monoisotopic (exact) mass is 311 g/mol. The summed E-state index contributed by atoms with van der Waals surface area (Å²) in [5.74, 6) is -1.20. The van der Waals surface area contributed by atoms with Gasteiger partial charge in [0.05, 0.1) is 5.75 Å². The molecular weight excluding hydrogens is 297 g/mol. The Balaban J connectivity index is 1.71. The number of rotatable bonds is 4. The number of carbonyl (C=O) groups excluding carboxylic acids is 1. The molecule has 0 radical (unpaired) electrons. The maximum atomic E-state index is 12.7. The molecule has 1 amide bonds. The summed E-state index contributed by atoms with van der Waals surface area (Å²) in [4.78, 5) is 17.6. The number of pyridine rings is 1. The lowest BCUT2D eigenvalue weighted by molar-refractivity contribution is -0.128. The maximum Gasteiger partial charge on any atom is 0.302 e. The van der Waals surface area contributed by atoms with E-state index in [4.69, 9.17) is 0 Å². The Hall–Kier alpha value is -1.96. The van der Waals surface area contributed by atoms with E-state index >= 15 is 0 Å². The van der Waals surface area contributed by atoms with Gasteiger partial charge in [-0.05, 0) is 11.6 Å². The minimum atomic E-state index is -4.54. The Morgan fingerprint density at radius 3 is 2.95 bits per heavy atom. The molecule has 21 heavy (non-hydrogen) atoms. The molecule has 0 N–H and O–H groups in total. The molecule has 2 aromatic rings. The molecule has 1 fully saturated rings. The average molecular weight is 311 g/mol. The van der Waals surface area contributed by atoms with Crippen molar-refractivity contribution in [3.8, 4) is 0 Å². The van der Waals surface area contributed by atoms with Gasteiger partial charge in [0, 0.05) is 44.0 Å². The van der Waals surface area contributed by atoms with Crippen molar-refractivity contribution in [2.24, 2.45) is 5.92 Å². The molecule has 1 aliphatic rings. The van der Waals surface area contributed by atoms with Crippen LogP contribution in [0.2, 0.25) is 0 Å². The fourth-order valence-corrected chi connectivity index (χ4v) is 3.47. The first-order chi connectivity index (χ1) is 9.90. The second-order valence-electron chi connectivity index (χ2n) is 5.28. The van der Waals surface area contributed by atoms with E-state index in [0.29, 0.717) is 6.54 Å². The zero-order valence-electron chi connectivity index (χ0n) is 11.1. The quantitative estimate of drug-likeness (QED) is 0.789. The van der Waals surface area contributed by atoms with Crippen LogP contribution in [0, 0.1) is 5.92 Å². The fraction of sp³-hybridized carbons (Fsp3) is 0.385. The topological polar surface area (TPSA) is 71.8 Å². The number of nitrogens with zero attached hydrogens (tertiary/aromatic N) is 3. The first kappa shape index (κ1) is 14.0. The Kier molecular flexibility index (Phi) is 3.40. The minimum absolute atomic E-state index is 0.0798. The lowest BCUT2D eigenvalue weighted by Crippen LogP contribution is -2.25. The lowest BCUT2D eigenvalue weighted by Gasteiger charge is -2.16. The van der Waals surface area contributed by atoms with Gasteiger partial charge < -0.3 is 9.30 Å². The summed E-state index contributed by atoms with van der Waals surface area (Å²) in [6, 6.07) is 3.72. The molecule has 8 heteroatoms. The molecule has 1 saturated heterocycles. The van der Waals surface area contributed by atoms with Crippen LogP contribution < -0.4 is 0 Å². The van der Waals surface area contributed by atoms with Crippen LogP contribution in [0.1, 0.15) is 12.0 Å². The molecule has 2 aromatic heterocycles. The lowest BCUT2D eigenvalue weighted by atomic mass is 10.1. The summed E-state index contributed by atoms with van der Waals surface area (Å²) in [5.41, 5.74) is 1.73. The number of hydrogen-bond donors (Lipinski definition) is 0. The summed E-state index contributed by atoms with van der Waals surface area (Å²) >= 11 is 0. The third-order valence-electron chi connectivity index (χ3n) is 3.55. The molecule has 112 valence electrons. The Morgan fingerprint density at radius 2 is 2.19 bits per heavy atom. The fourth-order valence-electron chi connectivity index (χ4n) is 2.68. The number of fused-ring (bicyclic) bond motifs is 1. The highest BCUT2D eigenvalue weighted by Gasteiger charge is 2.32. The summed E-state index contributed by atoms with van der Waals surface area (Å²) in [7, 11) is -4.54. The third kappa shape index (κ3) is 3.21. The molecule has 6 nitrogen and oxygen atoms in total. The van der Waals surface area contributed by atoms with Gasteiger partial charge in [0.1, 0.15) is 5.65 Å². The van der Waals surface area contributed by atoms with Gasteiger partial charge in [-0.3, -0.25) is 4.79 Å². The second kappa shape index (κ2) is 5.10. The van der Waals surface area contributed by atoms with Crippen LogP contribution in [0.3, 0.4) is 0 Å². The normalized spacial score (nSPS) is 19.6. The highest BCUT2D eigenvalue weighted by Crippen LogP contribution is 2.22. The standard InChI is InChI=1S/C13H14FN3O3S/c14-21(19,20)9-11-5-13(18)17(8-11)7-10-1-2-12-15-3-4-16(12)6-10/h1-4,6,11H,5,7-9H2. The van der Waals surface area contributed by atoms with E-state index in [1.807, 2.05) is 28.9 Å². The molecule has 0 aliphatic carbocycles. The summed E-state index contributed by atoms with van der Waals surface area (Å²) in [6.45, 7) is 0.653. The van der Waals surface area contributed by atoms with Gasteiger partial charge in [0.15, 0.2) is 0 Å². The molecular formula is C13H14FN3O3S. The predicted octanol–water partition coefficient (Wildman–Crippen LogP) is 0.982. The minimum Gasteiger partial charge on any atom is -0.338 e. The van der Waals surface area contributed by atoms with E-state index in [1.165, 1.54) is 0 Å². The predicted molar refractivity (Wildman–Crippen MR) is 73.6 cm³/mol. The highest BCUT2D eigenvalue weighted by molar-refractivity contribution is 7.86. The van der Waals surface area contributed by atoms with E-state index in [1.54, 1.807) is 11.1 Å². The third-order valence-corrected chi connectivity index (χ3v) is 4.42. The molecule has 1 unspecified atom stereocenters. The van der Waals surface area contributed by atoms with Crippen molar-refractivity contribution >= 4 is 21.8 Å². The van der Waals surface area contributed by atoms with Crippen molar-refractivity contribution < 1.29 is 17.1 Å². The molecule has 3 heterocycles. The van der Waals surface area contributed by atoms with Gasteiger partial charge in [-0.25, -0.2) is 4.98 Å². The number of imidazole rings is 1. The molecule has 0 spiro atoms. The van der Waals surface area contributed by atoms with Gasteiger partial charge in [0.2, 0.25) is 5.91 Å². The van der Waals surface area contributed by atoms with Gasteiger partial charge in [-0.2, -0.15) is 8.42 Å². The van der Waals surface area contributed by atoms with Crippen LogP contribution >= 0.6 is 0 Å². The SMILES string of the molecule is O=C1CC(CS(=O)(=O)F)CN1Cc1ccc2nccn2c1. The number of carbonyl (C=O) groups is 1. The van der Waals surface area contributed by atoms with E-state index in [0.717, 1.165) is 11.2 Å². The van der Waals surface area contributed by atoms with Crippen LogP contribution in [0.25, 0.3) is 5.65 Å². The van der Waals surface area contributed by atoms with Crippen molar-refractivity contribution in [3.63, 3.8) is 0 Å². The Morgan fingerprint density at radius 1 is 1.38 bits per heavy atom. The second-order valence-corrected chi connectivity index (χ2v) is 6.69. The Labute approximate surface area is 121 Å². The van der Waals surface area contributed by atoms with Crippen molar-refractivity contribution in [1.29, 1.82) is 0 Å². The van der Waals surface area contributed by atoms with Crippen molar-refractivity contribution in [1.82, 2.24) is 14.3 Å². The van der Waals surface area contributed by atoms with Crippen molar-refractivity contribution in [2.45, 2.75) is 13.0 Å². The van der Waals surface area contributed by atoms with E-state index in [-0.39, 0.29) is 18.9 Å². The molecule has 0 saturated carbocycles. The first-order valence-electron chi connectivity index (χ1n) is 6.52. The molecule has 0 bridgehead atoms. The molecule has 1 atom stereocenters. The van der Waals surface area contributed by atoms with E-state index in [9.17, 15) is 17.1 Å². The molecule has 1 aliphatic heterocycles. The number of amides is 1. The number of hydrogen-bond acceptors (Lipinski definition) is 4. The number of likely N-dealkylation sites (tertiary alicyclic amines) is 1. The van der Waals surface area contributed by atoms with E-state index in [2.05, 4.69) is 4.98 Å². The summed E-state index contributed by atoms with van der Waals surface area (Å²) in [6.07, 6.45) is 5.44. The van der Waals surface area contributed by atoms with Crippen LogP contribution in [0.5, 0.6) is 0 Å². The smallest absolute Gasteiger partial charge is 0.302 e. The van der Waals surface area contributed by atoms with Crippen LogP contribution in [-0.2, 0) is 21.6 Å². The van der Waals surface area contributed by atoms with Crippen molar-refractivity contribution in [2.75, 3.05) is 12.3 Å². The average Bonchev–Trinajstić information content (AvgIpc) is 2.94. The maximum absolute atomic E-state index is 12.7. The van der Waals surface area contributed by atoms with Gasteiger partial charge in [0.25, 0.3) is 0 Å². The summed E-state index contributed by atoms with van der Waals surface area (Å²) in [5, 5.41) is 0. The van der Waals surface area contributed by atoms with Gasteiger partial charge in [-0.15, -0.1) is 3.89 Å².